The average molecular weight is 679 g/mol. The number of rotatable bonds is 31. The Labute approximate surface area is 285 Å². The third-order valence-electron chi connectivity index (χ3n) is 7.03. The Bertz CT molecular complexity index is 990. The molecule has 0 spiro atoms. The maximum Gasteiger partial charge on any atom is 0.469 e. The molecule has 0 heterocycles. The smallest absolute Gasteiger partial charge is 0.462 e. The number of hydrogen-bond acceptors (Lipinski definition) is 6. The lowest BCUT2D eigenvalue weighted by molar-refractivity contribution is -0.161. The summed E-state index contributed by atoms with van der Waals surface area (Å²) in [5, 5.41) is 0. The Hall–Kier alpha value is -2.51. The summed E-state index contributed by atoms with van der Waals surface area (Å²) in [6.07, 6.45) is 41.9. The second-order valence-electron chi connectivity index (χ2n) is 11.5. The van der Waals surface area contributed by atoms with Gasteiger partial charge < -0.3 is 19.3 Å². The molecule has 0 aliphatic rings. The van der Waals surface area contributed by atoms with Crippen molar-refractivity contribution in [1.29, 1.82) is 0 Å². The number of carbonyl (C=O) groups excluding carboxylic acids is 2. The predicted molar refractivity (Wildman–Crippen MR) is 193 cm³/mol. The molecule has 47 heavy (non-hydrogen) atoms. The zero-order valence-electron chi connectivity index (χ0n) is 29.1. The minimum absolute atomic E-state index is 0.182. The maximum atomic E-state index is 12.3. The molecule has 0 saturated heterocycles. The number of hydrogen-bond donors (Lipinski definition) is 2. The average Bonchev–Trinajstić information content (AvgIpc) is 3.03. The zero-order valence-corrected chi connectivity index (χ0v) is 30.0. The molecule has 0 rings (SSSR count). The van der Waals surface area contributed by atoms with Gasteiger partial charge in [0.1, 0.15) is 6.61 Å². The van der Waals surface area contributed by atoms with Gasteiger partial charge in [0.25, 0.3) is 0 Å². The third-order valence-corrected chi connectivity index (χ3v) is 7.52. The lowest BCUT2D eigenvalue weighted by Gasteiger charge is -2.18. The van der Waals surface area contributed by atoms with E-state index in [2.05, 4.69) is 73.1 Å². The molecule has 9 heteroatoms. The molecule has 0 bridgehead atoms. The van der Waals surface area contributed by atoms with Crippen molar-refractivity contribution in [2.45, 2.75) is 142 Å². The number of carbonyl (C=O) groups is 2. The van der Waals surface area contributed by atoms with Crippen molar-refractivity contribution in [2.75, 3.05) is 13.2 Å². The minimum atomic E-state index is -4.76. The molecule has 268 valence electrons. The summed E-state index contributed by atoms with van der Waals surface area (Å²) in [6, 6.07) is 0. The molecule has 0 aromatic heterocycles. The predicted octanol–water partition coefficient (Wildman–Crippen LogP) is 10.3. The molecule has 0 aromatic rings. The van der Waals surface area contributed by atoms with Gasteiger partial charge in [-0.2, -0.15) is 0 Å². The first-order chi connectivity index (χ1) is 22.8. The number of phosphoric acid groups is 1. The van der Waals surface area contributed by atoms with Crippen LogP contribution in [-0.4, -0.2) is 41.0 Å². The summed E-state index contributed by atoms with van der Waals surface area (Å²) < 4.78 is 26.2. The third kappa shape index (κ3) is 36.2. The van der Waals surface area contributed by atoms with Crippen molar-refractivity contribution in [3.05, 3.63) is 72.9 Å². The van der Waals surface area contributed by atoms with E-state index in [1.165, 1.54) is 0 Å². The quantitative estimate of drug-likeness (QED) is 0.0244. The van der Waals surface area contributed by atoms with Gasteiger partial charge in [-0.05, 0) is 64.2 Å². The van der Waals surface area contributed by atoms with Crippen LogP contribution in [0, 0.1) is 0 Å². The zero-order chi connectivity index (χ0) is 34.7. The summed E-state index contributed by atoms with van der Waals surface area (Å²) in [5.41, 5.74) is 0. The lowest BCUT2D eigenvalue weighted by Crippen LogP contribution is -2.29. The Kier molecular flexibility index (Phi) is 31.6. The summed E-state index contributed by atoms with van der Waals surface area (Å²) in [5.74, 6) is -0.933. The minimum Gasteiger partial charge on any atom is -0.462 e. The molecule has 1 unspecified atom stereocenters. The number of unbranched alkanes of at least 4 members (excludes halogenated alkanes) is 11. The number of phosphoric ester groups is 1. The van der Waals surface area contributed by atoms with Gasteiger partial charge in [0.15, 0.2) is 6.10 Å². The molecular weight excluding hydrogens is 615 g/mol. The Morgan fingerprint density at radius 3 is 1.66 bits per heavy atom. The first-order valence-corrected chi connectivity index (χ1v) is 19.3. The van der Waals surface area contributed by atoms with Crippen LogP contribution < -0.4 is 0 Å². The number of ether oxygens (including phenoxy) is 2. The molecular formula is C38H63O8P. The second kappa shape index (κ2) is 33.4. The molecule has 1 atom stereocenters. The van der Waals surface area contributed by atoms with Crippen molar-refractivity contribution in [2.24, 2.45) is 0 Å². The molecule has 0 amide bonds. The number of esters is 2. The van der Waals surface area contributed by atoms with Gasteiger partial charge in [0.2, 0.25) is 0 Å². The second-order valence-corrected chi connectivity index (χ2v) is 12.7. The topological polar surface area (TPSA) is 119 Å². The van der Waals surface area contributed by atoms with Gasteiger partial charge in [0, 0.05) is 12.8 Å². The maximum absolute atomic E-state index is 12.3. The molecule has 0 aliphatic heterocycles. The van der Waals surface area contributed by atoms with Crippen molar-refractivity contribution in [3.63, 3.8) is 0 Å². The monoisotopic (exact) mass is 678 g/mol. The van der Waals surface area contributed by atoms with E-state index in [1.54, 1.807) is 0 Å². The van der Waals surface area contributed by atoms with Crippen molar-refractivity contribution < 1.29 is 37.9 Å². The summed E-state index contributed by atoms with van der Waals surface area (Å²) >= 11 is 0. The standard InChI is InChI=1S/C38H63O8P/c1-3-5-7-9-11-13-15-17-18-19-21-22-24-26-28-30-32-37(39)44-34-36(35-45-47(41,42)43)46-38(40)33-31-29-27-25-23-20-16-14-12-10-8-6-4-2/h5-8,10-14,16-18,36H,3-4,9,15,19-35H2,1-2H3,(H2,41,42,43)/b7-5+,8-6+,12-10+,13-11+,16-14+,18-17+. The molecule has 0 fully saturated rings. The van der Waals surface area contributed by atoms with Crippen LogP contribution in [0.25, 0.3) is 0 Å². The van der Waals surface area contributed by atoms with E-state index in [4.69, 9.17) is 19.3 Å². The Balaban J connectivity index is 4.05. The van der Waals surface area contributed by atoms with Crippen LogP contribution in [0.3, 0.4) is 0 Å². The lowest BCUT2D eigenvalue weighted by atomic mass is 10.1. The van der Waals surface area contributed by atoms with Crippen LogP contribution >= 0.6 is 7.82 Å². The van der Waals surface area contributed by atoms with Crippen LogP contribution in [0.15, 0.2) is 72.9 Å². The fourth-order valence-corrected chi connectivity index (χ4v) is 4.80. The van der Waals surface area contributed by atoms with E-state index in [1.807, 2.05) is 18.2 Å². The van der Waals surface area contributed by atoms with E-state index in [-0.39, 0.29) is 19.4 Å². The summed E-state index contributed by atoms with van der Waals surface area (Å²) in [6.45, 7) is 3.38. The van der Waals surface area contributed by atoms with Crippen molar-refractivity contribution >= 4 is 19.8 Å². The fraction of sp³-hybridized carbons (Fsp3) is 0.632. The van der Waals surface area contributed by atoms with Crippen LogP contribution in [0.2, 0.25) is 0 Å². The molecule has 0 radical (unpaired) electrons. The van der Waals surface area contributed by atoms with Crippen LogP contribution in [-0.2, 0) is 28.2 Å². The first-order valence-electron chi connectivity index (χ1n) is 17.8. The van der Waals surface area contributed by atoms with Crippen LogP contribution in [0.4, 0.5) is 0 Å². The largest absolute Gasteiger partial charge is 0.469 e. The van der Waals surface area contributed by atoms with E-state index in [0.29, 0.717) is 12.8 Å². The van der Waals surface area contributed by atoms with E-state index in [0.717, 1.165) is 96.3 Å². The molecule has 8 nitrogen and oxygen atoms in total. The fourth-order valence-electron chi connectivity index (χ4n) is 4.44. The molecule has 0 aromatic carbocycles. The molecule has 0 aliphatic carbocycles. The highest BCUT2D eigenvalue weighted by molar-refractivity contribution is 7.46. The SMILES string of the molecule is CC/C=C/C=C/C=C/CCCCCCCC(=O)OC(COC(=O)CCCCCCCC/C=C/C/C=C/C/C=C/CC)COP(=O)(O)O. The summed E-state index contributed by atoms with van der Waals surface area (Å²) in [4.78, 5) is 42.6. The Morgan fingerprint density at radius 1 is 0.574 bits per heavy atom. The highest BCUT2D eigenvalue weighted by Crippen LogP contribution is 2.35. The van der Waals surface area contributed by atoms with Gasteiger partial charge in [0.05, 0.1) is 6.61 Å². The van der Waals surface area contributed by atoms with Gasteiger partial charge >= 0.3 is 19.8 Å². The normalized spacial score (nSPS) is 13.4. The highest BCUT2D eigenvalue weighted by atomic mass is 31.2. The molecule has 0 saturated carbocycles. The van der Waals surface area contributed by atoms with Crippen LogP contribution in [0.5, 0.6) is 0 Å². The first kappa shape index (κ1) is 44.5. The highest BCUT2D eigenvalue weighted by Gasteiger charge is 2.22. The van der Waals surface area contributed by atoms with E-state index < -0.39 is 32.5 Å². The Morgan fingerprint density at radius 2 is 1.06 bits per heavy atom. The van der Waals surface area contributed by atoms with Crippen LogP contribution in [0.1, 0.15) is 136 Å². The van der Waals surface area contributed by atoms with Crippen molar-refractivity contribution in [1.82, 2.24) is 0 Å². The van der Waals surface area contributed by atoms with Crippen molar-refractivity contribution in [3.8, 4) is 0 Å². The van der Waals surface area contributed by atoms with Gasteiger partial charge in [-0.1, -0.05) is 132 Å². The van der Waals surface area contributed by atoms with Gasteiger partial charge in [-0.15, -0.1) is 0 Å². The number of allylic oxidation sites excluding steroid dienone is 12. The van der Waals surface area contributed by atoms with E-state index >= 15 is 0 Å². The van der Waals surface area contributed by atoms with E-state index in [9.17, 15) is 14.2 Å². The summed E-state index contributed by atoms with van der Waals surface area (Å²) in [7, 11) is -4.76. The van der Waals surface area contributed by atoms with Gasteiger partial charge in [-0.3, -0.25) is 14.1 Å². The molecule has 2 N–H and O–H groups in total. The van der Waals surface area contributed by atoms with Gasteiger partial charge in [-0.25, -0.2) is 4.57 Å².